The average molecular weight is 354 g/mol. The third kappa shape index (κ3) is 4.73. The third-order valence-electron chi connectivity index (χ3n) is 4.16. The summed E-state index contributed by atoms with van der Waals surface area (Å²) in [4.78, 5) is 12.3. The first-order valence-corrected chi connectivity index (χ1v) is 8.58. The molecule has 2 rings (SSSR count). The molecule has 21 heavy (non-hydrogen) atoms. The average Bonchev–Trinajstić information content (AvgIpc) is 2.47. The fraction of sp³-hybridized carbons (Fsp3) is 0.588. The van der Waals surface area contributed by atoms with Gasteiger partial charge in [-0.05, 0) is 55.9 Å². The Morgan fingerprint density at radius 1 is 1.38 bits per heavy atom. The number of ether oxygens (including phenoxy) is 1. The van der Waals surface area contributed by atoms with Crippen LogP contribution in [0.1, 0.15) is 39.5 Å². The second kappa shape index (κ2) is 7.83. The highest BCUT2D eigenvalue weighted by molar-refractivity contribution is 9.10. The lowest BCUT2D eigenvalue weighted by Crippen LogP contribution is -2.40. The van der Waals surface area contributed by atoms with Crippen molar-refractivity contribution in [3.8, 4) is 0 Å². The smallest absolute Gasteiger partial charge is 0.328 e. The number of benzene rings is 1. The lowest BCUT2D eigenvalue weighted by Gasteiger charge is -2.32. The molecule has 0 aliphatic heterocycles. The largest absolute Gasteiger partial charge is 0.464 e. The lowest BCUT2D eigenvalue weighted by atomic mass is 9.78. The van der Waals surface area contributed by atoms with E-state index in [0.29, 0.717) is 18.4 Å². The number of anilines is 1. The summed E-state index contributed by atoms with van der Waals surface area (Å²) < 4.78 is 6.31. The minimum atomic E-state index is -0.242. The van der Waals surface area contributed by atoms with Crippen LogP contribution in [0.5, 0.6) is 0 Å². The molecular formula is C17H24BrNO2. The lowest BCUT2D eigenvalue weighted by molar-refractivity contribution is -0.145. The van der Waals surface area contributed by atoms with Crippen LogP contribution in [0.15, 0.2) is 28.7 Å². The van der Waals surface area contributed by atoms with Crippen LogP contribution in [0, 0.1) is 11.8 Å². The first-order valence-electron chi connectivity index (χ1n) is 7.79. The van der Waals surface area contributed by atoms with E-state index < -0.39 is 0 Å². The maximum atomic E-state index is 12.3. The minimum absolute atomic E-state index is 0.125. The van der Waals surface area contributed by atoms with Gasteiger partial charge in [-0.25, -0.2) is 4.79 Å². The summed E-state index contributed by atoms with van der Waals surface area (Å²) in [6.07, 6.45) is 4.65. The fourth-order valence-corrected chi connectivity index (χ4v) is 3.38. The van der Waals surface area contributed by atoms with E-state index in [-0.39, 0.29) is 12.0 Å². The normalized spacial score (nSPS) is 23.4. The Morgan fingerprint density at radius 3 is 2.71 bits per heavy atom. The van der Waals surface area contributed by atoms with Gasteiger partial charge in [0.1, 0.15) is 6.04 Å². The Bertz CT molecular complexity index is 460. The molecule has 3 atom stereocenters. The van der Waals surface area contributed by atoms with Gasteiger partial charge in [-0.2, -0.15) is 0 Å². The molecule has 4 heteroatoms. The van der Waals surface area contributed by atoms with E-state index in [4.69, 9.17) is 4.74 Å². The van der Waals surface area contributed by atoms with Crippen LogP contribution >= 0.6 is 15.9 Å². The van der Waals surface area contributed by atoms with Gasteiger partial charge in [0.2, 0.25) is 0 Å². The highest BCUT2D eigenvalue weighted by Crippen LogP contribution is 2.32. The highest BCUT2D eigenvalue weighted by Gasteiger charge is 2.32. The zero-order valence-corrected chi connectivity index (χ0v) is 14.4. The predicted octanol–water partition coefficient (Wildman–Crippen LogP) is 4.62. The second-order valence-electron chi connectivity index (χ2n) is 5.91. The molecule has 0 saturated heterocycles. The monoisotopic (exact) mass is 353 g/mol. The van der Waals surface area contributed by atoms with Crippen molar-refractivity contribution in [3.05, 3.63) is 28.7 Å². The van der Waals surface area contributed by atoms with E-state index in [2.05, 4.69) is 28.2 Å². The second-order valence-corrected chi connectivity index (χ2v) is 6.83. The van der Waals surface area contributed by atoms with Gasteiger partial charge >= 0.3 is 5.97 Å². The fourth-order valence-electron chi connectivity index (χ4n) is 3.11. The van der Waals surface area contributed by atoms with E-state index >= 15 is 0 Å². The Kier molecular flexibility index (Phi) is 6.09. The third-order valence-corrected chi connectivity index (χ3v) is 4.68. The molecule has 3 nitrogen and oxygen atoms in total. The molecule has 1 saturated carbocycles. The molecule has 1 N–H and O–H groups in total. The summed E-state index contributed by atoms with van der Waals surface area (Å²) in [6.45, 7) is 4.56. The number of carbonyl (C=O) groups excluding carboxylic acids is 1. The van der Waals surface area contributed by atoms with Crippen LogP contribution in [0.4, 0.5) is 5.69 Å². The van der Waals surface area contributed by atoms with Crippen LogP contribution in [0.25, 0.3) is 0 Å². The molecule has 1 aliphatic carbocycles. The summed E-state index contributed by atoms with van der Waals surface area (Å²) in [5.74, 6) is 0.920. The van der Waals surface area contributed by atoms with Gasteiger partial charge in [0.25, 0.3) is 0 Å². The molecule has 0 heterocycles. The zero-order valence-electron chi connectivity index (χ0n) is 12.8. The van der Waals surface area contributed by atoms with E-state index in [1.165, 1.54) is 12.8 Å². The molecule has 1 aliphatic rings. The van der Waals surface area contributed by atoms with Crippen molar-refractivity contribution in [2.24, 2.45) is 11.8 Å². The Labute approximate surface area is 135 Å². The topological polar surface area (TPSA) is 38.3 Å². The van der Waals surface area contributed by atoms with Gasteiger partial charge in [0.05, 0.1) is 6.61 Å². The van der Waals surface area contributed by atoms with E-state index in [9.17, 15) is 4.79 Å². The van der Waals surface area contributed by atoms with Crippen molar-refractivity contribution in [2.75, 3.05) is 11.9 Å². The molecule has 1 aromatic rings. The first kappa shape index (κ1) is 16.3. The van der Waals surface area contributed by atoms with Crippen molar-refractivity contribution in [1.29, 1.82) is 0 Å². The quantitative estimate of drug-likeness (QED) is 0.784. The zero-order chi connectivity index (χ0) is 15.2. The molecule has 3 unspecified atom stereocenters. The Hall–Kier alpha value is -1.03. The molecule has 116 valence electrons. The molecule has 1 fully saturated rings. The van der Waals surface area contributed by atoms with Crippen LogP contribution in [0.2, 0.25) is 0 Å². The van der Waals surface area contributed by atoms with Gasteiger partial charge in [-0.15, -0.1) is 0 Å². The van der Waals surface area contributed by atoms with Crippen molar-refractivity contribution >= 4 is 27.6 Å². The minimum Gasteiger partial charge on any atom is -0.464 e. The number of hydrogen-bond donors (Lipinski definition) is 1. The van der Waals surface area contributed by atoms with E-state index in [1.54, 1.807) is 0 Å². The van der Waals surface area contributed by atoms with Crippen molar-refractivity contribution in [1.82, 2.24) is 0 Å². The predicted molar refractivity (Wildman–Crippen MR) is 89.3 cm³/mol. The summed E-state index contributed by atoms with van der Waals surface area (Å²) in [7, 11) is 0. The van der Waals surface area contributed by atoms with Crippen molar-refractivity contribution in [3.63, 3.8) is 0 Å². The van der Waals surface area contributed by atoms with E-state index in [1.807, 2.05) is 31.2 Å². The first-order chi connectivity index (χ1) is 10.1. The van der Waals surface area contributed by atoms with Gasteiger partial charge < -0.3 is 10.1 Å². The molecule has 1 aromatic carbocycles. The van der Waals surface area contributed by atoms with Crippen LogP contribution in [-0.2, 0) is 9.53 Å². The molecular weight excluding hydrogens is 330 g/mol. The molecule has 0 radical (unpaired) electrons. The number of halogens is 1. The van der Waals surface area contributed by atoms with Crippen molar-refractivity contribution < 1.29 is 9.53 Å². The molecule has 0 spiro atoms. The summed E-state index contributed by atoms with van der Waals surface area (Å²) in [5, 5.41) is 3.39. The standard InChI is InChI=1S/C17H24BrNO2/c1-3-21-17(20)16(13-6-4-5-12(2)11-13)19-15-9-7-14(18)8-10-15/h7-10,12-13,16,19H,3-6,11H2,1-2H3. The summed E-state index contributed by atoms with van der Waals surface area (Å²) in [5.41, 5.74) is 0.967. The maximum absolute atomic E-state index is 12.3. The number of esters is 1. The summed E-state index contributed by atoms with van der Waals surface area (Å²) in [6, 6.07) is 7.70. The molecule has 0 aromatic heterocycles. The molecule has 0 bridgehead atoms. The number of nitrogens with one attached hydrogen (secondary N) is 1. The number of carbonyl (C=O) groups is 1. The Balaban J connectivity index is 2.11. The van der Waals surface area contributed by atoms with Gasteiger partial charge in [0.15, 0.2) is 0 Å². The SMILES string of the molecule is CCOC(=O)C(Nc1ccc(Br)cc1)C1CCCC(C)C1. The van der Waals surface area contributed by atoms with Crippen LogP contribution in [0.3, 0.4) is 0 Å². The number of hydrogen-bond acceptors (Lipinski definition) is 3. The number of rotatable bonds is 5. The van der Waals surface area contributed by atoms with Crippen LogP contribution in [-0.4, -0.2) is 18.6 Å². The van der Waals surface area contributed by atoms with Gasteiger partial charge in [-0.3, -0.25) is 0 Å². The van der Waals surface area contributed by atoms with Crippen molar-refractivity contribution in [2.45, 2.75) is 45.6 Å². The van der Waals surface area contributed by atoms with E-state index in [0.717, 1.165) is 23.0 Å². The Morgan fingerprint density at radius 2 is 2.10 bits per heavy atom. The summed E-state index contributed by atoms with van der Waals surface area (Å²) >= 11 is 3.43. The molecule has 0 amide bonds. The van der Waals surface area contributed by atoms with Gasteiger partial charge in [0, 0.05) is 10.2 Å². The highest BCUT2D eigenvalue weighted by atomic mass is 79.9. The maximum Gasteiger partial charge on any atom is 0.328 e. The van der Waals surface area contributed by atoms with Gasteiger partial charge in [-0.1, -0.05) is 35.7 Å². The van der Waals surface area contributed by atoms with Crippen LogP contribution < -0.4 is 5.32 Å².